The van der Waals surface area contributed by atoms with Crippen LogP contribution in [-0.2, 0) is 14.8 Å². The van der Waals surface area contributed by atoms with Crippen LogP contribution in [0.1, 0.15) is 31.1 Å². The highest BCUT2D eigenvalue weighted by Gasteiger charge is 2.20. The number of ether oxygens (including phenoxy) is 1. The molecule has 150 valence electrons. The number of sulfonamides is 1. The maximum absolute atomic E-state index is 12.8. The molecule has 0 saturated carbocycles. The predicted octanol–water partition coefficient (Wildman–Crippen LogP) is 2.59. The van der Waals surface area contributed by atoms with Gasteiger partial charge in [0.15, 0.2) is 0 Å². The number of nitrogens with one attached hydrogen (secondary N) is 3. The van der Waals surface area contributed by atoms with E-state index in [0.717, 1.165) is 0 Å². The van der Waals surface area contributed by atoms with Crippen molar-refractivity contribution in [3.05, 3.63) is 48.0 Å². The van der Waals surface area contributed by atoms with E-state index in [9.17, 15) is 18.0 Å². The van der Waals surface area contributed by atoms with E-state index in [2.05, 4.69) is 15.4 Å². The Kier molecular flexibility index (Phi) is 6.63. The molecule has 0 unspecified atom stereocenters. The number of benzene rings is 2. The highest BCUT2D eigenvalue weighted by atomic mass is 32.2. The van der Waals surface area contributed by atoms with Crippen LogP contribution in [0.3, 0.4) is 0 Å². The molecule has 0 saturated heterocycles. The topological polar surface area (TPSA) is 114 Å². The third-order valence-corrected chi connectivity index (χ3v) is 4.96. The van der Waals surface area contributed by atoms with Gasteiger partial charge in [0.2, 0.25) is 5.91 Å². The number of rotatable bonds is 7. The van der Waals surface area contributed by atoms with Crippen molar-refractivity contribution in [2.24, 2.45) is 0 Å². The molecule has 8 nitrogen and oxygen atoms in total. The van der Waals surface area contributed by atoms with Crippen molar-refractivity contribution in [1.29, 1.82) is 0 Å². The Morgan fingerprint density at radius 3 is 2.32 bits per heavy atom. The lowest BCUT2D eigenvalue weighted by molar-refractivity contribution is -0.114. The van der Waals surface area contributed by atoms with Gasteiger partial charge in [0, 0.05) is 18.7 Å². The summed E-state index contributed by atoms with van der Waals surface area (Å²) in [6.07, 6.45) is 0. The molecular formula is C19H23N3O5S. The van der Waals surface area contributed by atoms with Crippen molar-refractivity contribution < 1.29 is 22.7 Å². The monoisotopic (exact) mass is 405 g/mol. The maximum atomic E-state index is 12.8. The van der Waals surface area contributed by atoms with E-state index < -0.39 is 15.9 Å². The lowest BCUT2D eigenvalue weighted by atomic mass is 10.2. The minimum atomic E-state index is -3.97. The molecule has 0 aliphatic heterocycles. The lowest BCUT2D eigenvalue weighted by Crippen LogP contribution is -2.30. The number of carbonyl (C=O) groups excluding carboxylic acids is 2. The number of amides is 2. The summed E-state index contributed by atoms with van der Waals surface area (Å²) in [7, 11) is -2.56. The molecule has 2 amide bonds. The fraction of sp³-hybridized carbons (Fsp3) is 0.263. The standard InChI is InChI=1S/C19H23N3O5S/c1-12(2)20-19(24)17-11-16(8-9-18(17)27-4)28(25,26)22-15-7-5-6-14(10-15)21-13(3)23/h5-12,22H,1-4H3,(H,20,24)(H,21,23). The van der Waals surface area contributed by atoms with Crippen molar-refractivity contribution in [3.63, 3.8) is 0 Å². The molecule has 2 aromatic carbocycles. The summed E-state index contributed by atoms with van der Waals surface area (Å²) in [6, 6.07) is 10.2. The Labute approximate surface area is 164 Å². The van der Waals surface area contributed by atoms with Crippen LogP contribution in [0.2, 0.25) is 0 Å². The van der Waals surface area contributed by atoms with Crippen LogP contribution in [0.4, 0.5) is 11.4 Å². The highest BCUT2D eigenvalue weighted by molar-refractivity contribution is 7.92. The van der Waals surface area contributed by atoms with Gasteiger partial charge in [0.05, 0.1) is 23.3 Å². The zero-order valence-corrected chi connectivity index (χ0v) is 16.9. The molecule has 0 aliphatic carbocycles. The molecular weight excluding hydrogens is 382 g/mol. The number of hydrogen-bond donors (Lipinski definition) is 3. The number of methoxy groups -OCH3 is 1. The molecule has 0 spiro atoms. The molecule has 0 aliphatic rings. The molecule has 0 bridgehead atoms. The van der Waals surface area contributed by atoms with Gasteiger partial charge in [-0.05, 0) is 50.2 Å². The van der Waals surface area contributed by atoms with Crippen LogP contribution >= 0.6 is 0 Å². The van der Waals surface area contributed by atoms with E-state index in [1.54, 1.807) is 32.0 Å². The van der Waals surface area contributed by atoms with E-state index in [1.807, 2.05) is 0 Å². The zero-order valence-electron chi connectivity index (χ0n) is 16.1. The van der Waals surface area contributed by atoms with Crippen molar-refractivity contribution >= 4 is 33.2 Å². The van der Waals surface area contributed by atoms with Crippen LogP contribution in [0, 0.1) is 0 Å². The Morgan fingerprint density at radius 2 is 1.71 bits per heavy atom. The number of anilines is 2. The van der Waals surface area contributed by atoms with Crippen molar-refractivity contribution in [2.75, 3.05) is 17.1 Å². The van der Waals surface area contributed by atoms with Gasteiger partial charge in [-0.3, -0.25) is 14.3 Å². The summed E-state index contributed by atoms with van der Waals surface area (Å²) >= 11 is 0. The van der Waals surface area contributed by atoms with E-state index in [4.69, 9.17) is 4.74 Å². The second-order valence-corrected chi connectivity index (χ2v) is 8.04. The van der Waals surface area contributed by atoms with Crippen LogP contribution < -0.4 is 20.1 Å². The molecule has 0 atom stereocenters. The van der Waals surface area contributed by atoms with Crippen molar-refractivity contribution in [2.45, 2.75) is 31.7 Å². The molecule has 0 heterocycles. The Morgan fingerprint density at radius 1 is 1.04 bits per heavy atom. The first-order chi connectivity index (χ1) is 13.1. The zero-order chi connectivity index (χ0) is 20.9. The first kappa shape index (κ1) is 21.2. The van der Waals surface area contributed by atoms with Gasteiger partial charge in [0.25, 0.3) is 15.9 Å². The summed E-state index contributed by atoms with van der Waals surface area (Å²) in [5.74, 6) is -0.433. The largest absolute Gasteiger partial charge is 0.496 e. The van der Waals surface area contributed by atoms with Crippen LogP contribution in [0.25, 0.3) is 0 Å². The summed E-state index contributed by atoms with van der Waals surface area (Å²) in [4.78, 5) is 23.5. The first-order valence-electron chi connectivity index (χ1n) is 8.51. The Bertz CT molecular complexity index is 987. The molecule has 9 heteroatoms. The predicted molar refractivity (Wildman–Crippen MR) is 107 cm³/mol. The van der Waals surface area contributed by atoms with Crippen molar-refractivity contribution in [1.82, 2.24) is 5.32 Å². The summed E-state index contributed by atoms with van der Waals surface area (Å²) in [5.41, 5.74) is 0.848. The second-order valence-electron chi connectivity index (χ2n) is 6.36. The third kappa shape index (κ3) is 5.46. The minimum Gasteiger partial charge on any atom is -0.496 e. The van der Waals surface area contributed by atoms with Crippen LogP contribution in [0.5, 0.6) is 5.75 Å². The van der Waals surface area contributed by atoms with E-state index in [1.165, 1.54) is 38.3 Å². The maximum Gasteiger partial charge on any atom is 0.261 e. The van der Waals surface area contributed by atoms with Crippen LogP contribution in [0.15, 0.2) is 47.4 Å². The SMILES string of the molecule is COc1ccc(S(=O)(=O)Nc2cccc(NC(C)=O)c2)cc1C(=O)NC(C)C. The Balaban J connectivity index is 2.35. The number of hydrogen-bond acceptors (Lipinski definition) is 5. The van der Waals surface area contributed by atoms with Gasteiger partial charge in [-0.15, -0.1) is 0 Å². The minimum absolute atomic E-state index is 0.0906. The third-order valence-electron chi connectivity index (χ3n) is 3.58. The van der Waals surface area contributed by atoms with E-state index in [-0.39, 0.29) is 33.8 Å². The van der Waals surface area contributed by atoms with Gasteiger partial charge in [-0.2, -0.15) is 0 Å². The molecule has 0 radical (unpaired) electrons. The average Bonchev–Trinajstić information content (AvgIpc) is 2.59. The van der Waals surface area contributed by atoms with Gasteiger partial charge in [-0.1, -0.05) is 6.07 Å². The normalized spacial score (nSPS) is 11.0. The molecule has 28 heavy (non-hydrogen) atoms. The summed E-state index contributed by atoms with van der Waals surface area (Å²) < 4.78 is 33.1. The molecule has 2 rings (SSSR count). The fourth-order valence-electron chi connectivity index (χ4n) is 2.45. The second kappa shape index (κ2) is 8.75. The Hall–Kier alpha value is -3.07. The van der Waals surface area contributed by atoms with Gasteiger partial charge in [0.1, 0.15) is 5.75 Å². The summed E-state index contributed by atoms with van der Waals surface area (Å²) in [6.45, 7) is 4.96. The first-order valence-corrected chi connectivity index (χ1v) is 10.00. The lowest BCUT2D eigenvalue weighted by Gasteiger charge is -2.14. The van der Waals surface area contributed by atoms with Gasteiger partial charge < -0.3 is 15.4 Å². The summed E-state index contributed by atoms with van der Waals surface area (Å²) in [5, 5.41) is 5.30. The number of carbonyl (C=O) groups is 2. The quantitative estimate of drug-likeness (QED) is 0.655. The molecule has 0 fully saturated rings. The smallest absolute Gasteiger partial charge is 0.261 e. The van der Waals surface area contributed by atoms with Gasteiger partial charge >= 0.3 is 0 Å². The highest BCUT2D eigenvalue weighted by Crippen LogP contribution is 2.25. The molecule has 3 N–H and O–H groups in total. The van der Waals surface area contributed by atoms with E-state index >= 15 is 0 Å². The van der Waals surface area contributed by atoms with Crippen LogP contribution in [-0.4, -0.2) is 33.4 Å². The van der Waals surface area contributed by atoms with Crippen molar-refractivity contribution in [3.8, 4) is 5.75 Å². The van der Waals surface area contributed by atoms with Gasteiger partial charge in [-0.25, -0.2) is 8.42 Å². The molecule has 0 aromatic heterocycles. The fourth-order valence-corrected chi connectivity index (χ4v) is 3.52. The average molecular weight is 405 g/mol. The van der Waals surface area contributed by atoms with E-state index in [0.29, 0.717) is 5.69 Å². The molecule has 2 aromatic rings.